The second-order valence-electron chi connectivity index (χ2n) is 2.81. The fraction of sp³-hybridized carbons (Fsp3) is 0.500. The van der Waals surface area contributed by atoms with Gasteiger partial charge in [0.25, 0.3) is 0 Å². The molecule has 0 atom stereocenters. The highest BCUT2D eigenvalue weighted by Gasteiger charge is 2.17. The predicted octanol–water partition coefficient (Wildman–Crippen LogP) is 0.397. The van der Waals surface area contributed by atoms with Crippen LogP contribution < -0.4 is 10.1 Å². The molecule has 0 saturated heterocycles. The van der Waals surface area contributed by atoms with E-state index in [0.29, 0.717) is 5.88 Å². The lowest BCUT2D eigenvalue weighted by molar-refractivity contribution is 0.390. The largest absolute Gasteiger partial charge is 0.481 e. The Hall–Kier alpha value is -1.16. The zero-order chi connectivity index (χ0) is 8.55. The average Bonchev–Trinajstić information content (AvgIpc) is 2.50. The summed E-state index contributed by atoms with van der Waals surface area (Å²) in [5, 5.41) is 3.21. The normalized spacial score (nSPS) is 14.5. The molecule has 1 aromatic rings. The molecule has 0 bridgehead atoms. The number of ether oxygens (including phenoxy) is 1. The topological polar surface area (TPSA) is 47.0 Å². The molecular formula is C8H11N3O. The van der Waals surface area contributed by atoms with Gasteiger partial charge in [0.05, 0.1) is 18.4 Å². The van der Waals surface area contributed by atoms with Crippen molar-refractivity contribution in [2.45, 2.75) is 20.0 Å². The lowest BCUT2D eigenvalue weighted by atomic mass is 10.2. The van der Waals surface area contributed by atoms with E-state index in [1.807, 2.05) is 6.92 Å². The van der Waals surface area contributed by atoms with Gasteiger partial charge >= 0.3 is 0 Å². The molecule has 12 heavy (non-hydrogen) atoms. The van der Waals surface area contributed by atoms with Crippen LogP contribution in [0, 0.1) is 6.92 Å². The Bertz CT molecular complexity index is 311. The second kappa shape index (κ2) is 2.71. The van der Waals surface area contributed by atoms with Crippen LogP contribution in [-0.4, -0.2) is 17.1 Å². The van der Waals surface area contributed by atoms with Crippen LogP contribution in [-0.2, 0) is 13.1 Å². The van der Waals surface area contributed by atoms with Crippen molar-refractivity contribution < 1.29 is 4.74 Å². The number of aromatic nitrogens is 2. The Balaban J connectivity index is 2.55. The van der Waals surface area contributed by atoms with Gasteiger partial charge in [0.2, 0.25) is 5.88 Å². The maximum atomic E-state index is 5.15. The van der Waals surface area contributed by atoms with Crippen LogP contribution in [0.2, 0.25) is 0 Å². The monoisotopic (exact) mass is 165 g/mol. The number of methoxy groups -OCH3 is 1. The molecule has 1 aliphatic heterocycles. The molecule has 0 fully saturated rings. The van der Waals surface area contributed by atoms with Gasteiger partial charge in [-0.25, -0.2) is 4.98 Å². The molecule has 1 aliphatic rings. The molecule has 0 radical (unpaired) electrons. The molecule has 0 unspecified atom stereocenters. The van der Waals surface area contributed by atoms with Gasteiger partial charge in [0, 0.05) is 13.1 Å². The summed E-state index contributed by atoms with van der Waals surface area (Å²) in [5.74, 6) is 1.48. The van der Waals surface area contributed by atoms with E-state index in [-0.39, 0.29) is 0 Å². The molecule has 0 spiro atoms. The Labute approximate surface area is 71.0 Å². The van der Waals surface area contributed by atoms with Crippen molar-refractivity contribution in [2.75, 3.05) is 7.11 Å². The molecular weight excluding hydrogens is 154 g/mol. The number of fused-ring (bicyclic) bond motifs is 1. The minimum absolute atomic E-state index is 0.711. The van der Waals surface area contributed by atoms with Gasteiger partial charge in [-0.05, 0) is 6.92 Å². The molecule has 4 heteroatoms. The maximum absolute atomic E-state index is 5.15. The van der Waals surface area contributed by atoms with E-state index >= 15 is 0 Å². The van der Waals surface area contributed by atoms with Gasteiger partial charge in [-0.15, -0.1) is 0 Å². The first-order valence-corrected chi connectivity index (χ1v) is 3.92. The first-order valence-electron chi connectivity index (χ1n) is 3.92. The zero-order valence-corrected chi connectivity index (χ0v) is 7.22. The summed E-state index contributed by atoms with van der Waals surface area (Å²) in [5.41, 5.74) is 2.17. The number of nitrogens with one attached hydrogen (secondary N) is 1. The van der Waals surface area contributed by atoms with E-state index < -0.39 is 0 Å². The fourth-order valence-corrected chi connectivity index (χ4v) is 1.42. The lowest BCUT2D eigenvalue weighted by Crippen LogP contribution is -2.00. The van der Waals surface area contributed by atoms with E-state index in [2.05, 4.69) is 15.3 Å². The Morgan fingerprint density at radius 3 is 2.92 bits per heavy atom. The zero-order valence-electron chi connectivity index (χ0n) is 7.22. The van der Waals surface area contributed by atoms with Gasteiger partial charge in [-0.1, -0.05) is 0 Å². The van der Waals surface area contributed by atoms with Crippen LogP contribution in [0.5, 0.6) is 5.88 Å². The van der Waals surface area contributed by atoms with Crippen molar-refractivity contribution in [1.29, 1.82) is 0 Å². The molecule has 0 aliphatic carbocycles. The molecule has 2 heterocycles. The van der Waals surface area contributed by atoms with Crippen LogP contribution in [0.1, 0.15) is 17.1 Å². The first kappa shape index (κ1) is 7.49. The molecule has 1 N–H and O–H groups in total. The molecule has 4 nitrogen and oxygen atoms in total. The van der Waals surface area contributed by atoms with Crippen molar-refractivity contribution >= 4 is 0 Å². The number of hydrogen-bond donors (Lipinski definition) is 1. The number of aryl methyl sites for hydroxylation is 1. The number of rotatable bonds is 1. The van der Waals surface area contributed by atoms with E-state index in [0.717, 1.165) is 30.2 Å². The summed E-state index contributed by atoms with van der Waals surface area (Å²) < 4.78 is 5.15. The van der Waals surface area contributed by atoms with Gasteiger partial charge in [-0.2, -0.15) is 4.98 Å². The molecule has 0 amide bonds. The van der Waals surface area contributed by atoms with Crippen LogP contribution in [0.25, 0.3) is 0 Å². The van der Waals surface area contributed by atoms with Crippen molar-refractivity contribution in [3.63, 3.8) is 0 Å². The molecule has 0 saturated carbocycles. The Kier molecular flexibility index (Phi) is 1.69. The van der Waals surface area contributed by atoms with E-state index in [1.165, 1.54) is 0 Å². The molecule has 64 valence electrons. The third-order valence-electron chi connectivity index (χ3n) is 1.95. The van der Waals surface area contributed by atoms with Crippen LogP contribution >= 0.6 is 0 Å². The minimum Gasteiger partial charge on any atom is -0.481 e. The summed E-state index contributed by atoms with van der Waals surface area (Å²) in [7, 11) is 1.64. The van der Waals surface area contributed by atoms with Crippen molar-refractivity contribution in [3.05, 3.63) is 17.1 Å². The number of hydrogen-bond acceptors (Lipinski definition) is 4. The average molecular weight is 165 g/mol. The summed E-state index contributed by atoms with van der Waals surface area (Å²) >= 11 is 0. The summed E-state index contributed by atoms with van der Waals surface area (Å²) in [4.78, 5) is 8.50. The summed E-state index contributed by atoms with van der Waals surface area (Å²) in [6.45, 7) is 3.52. The van der Waals surface area contributed by atoms with Crippen molar-refractivity contribution in [2.24, 2.45) is 0 Å². The maximum Gasteiger partial charge on any atom is 0.221 e. The van der Waals surface area contributed by atoms with Crippen LogP contribution in [0.4, 0.5) is 0 Å². The van der Waals surface area contributed by atoms with Gasteiger partial charge < -0.3 is 10.1 Å². The Morgan fingerprint density at radius 2 is 2.17 bits per heavy atom. The van der Waals surface area contributed by atoms with Crippen molar-refractivity contribution in [3.8, 4) is 5.88 Å². The van der Waals surface area contributed by atoms with Gasteiger partial charge in [0.1, 0.15) is 5.82 Å². The van der Waals surface area contributed by atoms with E-state index in [9.17, 15) is 0 Å². The second-order valence-corrected chi connectivity index (χ2v) is 2.81. The lowest BCUT2D eigenvalue weighted by Gasteiger charge is -2.04. The smallest absolute Gasteiger partial charge is 0.221 e. The van der Waals surface area contributed by atoms with Crippen molar-refractivity contribution in [1.82, 2.24) is 15.3 Å². The highest BCUT2D eigenvalue weighted by Crippen LogP contribution is 2.22. The Morgan fingerprint density at radius 1 is 1.33 bits per heavy atom. The number of nitrogens with zero attached hydrogens (tertiary/aromatic N) is 2. The molecule has 0 aromatic carbocycles. The highest BCUT2D eigenvalue weighted by molar-refractivity contribution is 5.33. The van der Waals surface area contributed by atoms with Gasteiger partial charge in [-0.3, -0.25) is 0 Å². The standard InChI is InChI=1S/C8H11N3O/c1-5-10-7-4-9-3-6(7)8(11-5)12-2/h9H,3-4H2,1-2H3. The first-order chi connectivity index (χ1) is 5.81. The SMILES string of the molecule is COc1nc(C)nc2c1CNC2. The fourth-order valence-electron chi connectivity index (χ4n) is 1.42. The third kappa shape index (κ3) is 1.04. The quantitative estimate of drug-likeness (QED) is 0.654. The summed E-state index contributed by atoms with van der Waals surface area (Å²) in [6, 6.07) is 0. The predicted molar refractivity (Wildman–Crippen MR) is 43.9 cm³/mol. The third-order valence-corrected chi connectivity index (χ3v) is 1.95. The molecule has 1 aromatic heterocycles. The van der Waals surface area contributed by atoms with Crippen LogP contribution in [0.15, 0.2) is 0 Å². The highest BCUT2D eigenvalue weighted by atomic mass is 16.5. The van der Waals surface area contributed by atoms with Crippen LogP contribution in [0.3, 0.4) is 0 Å². The van der Waals surface area contributed by atoms with E-state index in [1.54, 1.807) is 7.11 Å². The van der Waals surface area contributed by atoms with Gasteiger partial charge in [0.15, 0.2) is 0 Å². The van der Waals surface area contributed by atoms with E-state index in [4.69, 9.17) is 4.74 Å². The molecule has 2 rings (SSSR count). The summed E-state index contributed by atoms with van der Waals surface area (Å²) in [6.07, 6.45) is 0. The minimum atomic E-state index is 0.711.